The molecule has 0 saturated carbocycles. The smallest absolute Gasteiger partial charge is 0.273 e. The van der Waals surface area contributed by atoms with E-state index in [-0.39, 0.29) is 11.7 Å². The van der Waals surface area contributed by atoms with Crippen LogP contribution in [0.5, 0.6) is 5.75 Å². The molecule has 2 N–H and O–H groups in total. The molecular weight excluding hydrogens is 360 g/mol. The van der Waals surface area contributed by atoms with E-state index in [0.717, 1.165) is 15.9 Å². The van der Waals surface area contributed by atoms with Crippen LogP contribution in [0.1, 0.15) is 23.1 Å². The number of carbonyl (C=O) groups is 1. The first-order valence-corrected chi connectivity index (χ1v) is 9.41. The van der Waals surface area contributed by atoms with E-state index < -0.39 is 0 Å². The largest absolute Gasteiger partial charge is 0.507 e. The van der Waals surface area contributed by atoms with E-state index in [4.69, 9.17) is 0 Å². The number of aromatic nitrogens is 3. The van der Waals surface area contributed by atoms with Crippen molar-refractivity contribution in [3.05, 3.63) is 59.9 Å². The van der Waals surface area contributed by atoms with Gasteiger partial charge in [-0.15, -0.1) is 11.3 Å². The number of hydrogen-bond donors (Lipinski definition) is 2. The highest BCUT2D eigenvalue weighted by molar-refractivity contribution is 7.21. The summed E-state index contributed by atoms with van der Waals surface area (Å²) < 4.78 is 2.71. The normalized spacial score (nSPS) is 11.0. The Bertz CT molecular complexity index is 1110. The van der Waals surface area contributed by atoms with E-state index in [1.165, 1.54) is 11.3 Å². The van der Waals surface area contributed by atoms with Crippen molar-refractivity contribution in [2.45, 2.75) is 20.4 Å². The molecule has 0 aliphatic heterocycles. The predicted octanol–water partition coefficient (Wildman–Crippen LogP) is 4.45. The Morgan fingerprint density at radius 2 is 2.04 bits per heavy atom. The van der Waals surface area contributed by atoms with E-state index in [1.807, 2.05) is 38.1 Å². The van der Waals surface area contributed by atoms with Crippen LogP contribution in [0.15, 0.2) is 48.5 Å². The van der Waals surface area contributed by atoms with Crippen LogP contribution in [0.4, 0.5) is 5.69 Å². The molecule has 27 heavy (non-hydrogen) atoms. The number of anilines is 1. The molecule has 0 spiro atoms. The number of aromatic hydroxyl groups is 1. The first-order chi connectivity index (χ1) is 13.0. The third-order valence-electron chi connectivity index (χ3n) is 4.21. The number of phenols is 1. The number of amides is 1. The van der Waals surface area contributed by atoms with Crippen molar-refractivity contribution in [2.24, 2.45) is 0 Å². The van der Waals surface area contributed by atoms with E-state index >= 15 is 0 Å². The number of fused-ring (bicyclic) bond motifs is 1. The number of benzene rings is 2. The van der Waals surface area contributed by atoms with E-state index in [0.29, 0.717) is 28.5 Å². The fourth-order valence-electron chi connectivity index (χ4n) is 2.94. The molecule has 0 aliphatic carbocycles. The van der Waals surface area contributed by atoms with Gasteiger partial charge in [0.25, 0.3) is 5.91 Å². The number of carbonyl (C=O) groups excluding carboxylic acids is 1. The molecule has 6 nitrogen and oxygen atoms in total. The van der Waals surface area contributed by atoms with Crippen molar-refractivity contribution in [1.82, 2.24) is 14.8 Å². The summed E-state index contributed by atoms with van der Waals surface area (Å²) in [5.74, 6) is -0.111. The number of nitrogens with zero attached hydrogens (tertiary/aromatic N) is 3. The van der Waals surface area contributed by atoms with Gasteiger partial charge in [-0.05, 0) is 50.2 Å². The second kappa shape index (κ2) is 6.85. The molecule has 4 aromatic rings. The summed E-state index contributed by atoms with van der Waals surface area (Å²) in [5, 5.41) is 18.2. The zero-order valence-corrected chi connectivity index (χ0v) is 15.7. The summed E-state index contributed by atoms with van der Waals surface area (Å²) in [6, 6.07) is 14.6. The fraction of sp³-hybridized carbons (Fsp3) is 0.150. The quantitative estimate of drug-likeness (QED) is 0.514. The number of phenolic OH excluding ortho intramolecular Hbond substituents is 1. The van der Waals surface area contributed by atoms with Crippen LogP contribution >= 0.6 is 11.3 Å². The molecule has 0 bridgehead atoms. The van der Waals surface area contributed by atoms with Crippen LogP contribution in [-0.4, -0.2) is 25.8 Å². The molecule has 0 radical (unpaired) electrons. The Morgan fingerprint density at radius 3 is 2.81 bits per heavy atom. The maximum absolute atomic E-state index is 12.6. The predicted molar refractivity (Wildman–Crippen MR) is 107 cm³/mol. The van der Waals surface area contributed by atoms with E-state index in [9.17, 15) is 9.90 Å². The van der Waals surface area contributed by atoms with Gasteiger partial charge in [-0.3, -0.25) is 9.48 Å². The van der Waals surface area contributed by atoms with Gasteiger partial charge < -0.3 is 10.4 Å². The van der Waals surface area contributed by atoms with Gasteiger partial charge in [0.15, 0.2) is 0 Å². The average molecular weight is 378 g/mol. The van der Waals surface area contributed by atoms with E-state index in [1.54, 1.807) is 28.9 Å². The fourth-order valence-corrected chi connectivity index (χ4v) is 3.93. The molecule has 2 aromatic carbocycles. The number of nitrogens with one attached hydrogen (secondary N) is 1. The molecule has 0 fully saturated rings. The lowest BCUT2D eigenvalue weighted by atomic mass is 10.2. The van der Waals surface area contributed by atoms with Gasteiger partial charge in [-0.1, -0.05) is 12.1 Å². The van der Waals surface area contributed by atoms with Crippen molar-refractivity contribution in [3.63, 3.8) is 0 Å². The molecule has 2 aromatic heterocycles. The molecule has 0 unspecified atom stereocenters. The van der Waals surface area contributed by atoms with Crippen LogP contribution in [0.25, 0.3) is 20.8 Å². The Hall–Kier alpha value is -3.19. The lowest BCUT2D eigenvalue weighted by Crippen LogP contribution is -2.17. The maximum atomic E-state index is 12.6. The molecule has 136 valence electrons. The summed E-state index contributed by atoms with van der Waals surface area (Å²) in [7, 11) is 0. The lowest BCUT2D eigenvalue weighted by molar-refractivity contribution is 0.101. The Morgan fingerprint density at radius 1 is 1.22 bits per heavy atom. The number of para-hydroxylation sites is 1. The molecule has 7 heteroatoms. The molecule has 0 aliphatic rings. The topological polar surface area (TPSA) is 80.0 Å². The van der Waals surface area contributed by atoms with Gasteiger partial charge in [0.1, 0.15) is 16.5 Å². The average Bonchev–Trinajstić information content (AvgIpc) is 3.26. The standard InChI is InChI=1S/C20H18N4O2S/c1-3-24-16(10-12(2)23-24)19(26)21-13-8-9-17(25)14(11-13)20-22-15-6-4-5-7-18(15)27-20/h4-11,25H,3H2,1-2H3,(H,21,26). The molecule has 0 saturated heterocycles. The van der Waals surface area contributed by atoms with Crippen molar-refractivity contribution in [3.8, 4) is 16.3 Å². The molecular formula is C20H18N4O2S. The second-order valence-corrected chi connectivity index (χ2v) is 7.19. The highest BCUT2D eigenvalue weighted by Gasteiger charge is 2.16. The highest BCUT2D eigenvalue weighted by Crippen LogP contribution is 2.36. The van der Waals surface area contributed by atoms with Crippen LogP contribution < -0.4 is 5.32 Å². The van der Waals surface area contributed by atoms with Crippen LogP contribution in [0.3, 0.4) is 0 Å². The lowest BCUT2D eigenvalue weighted by Gasteiger charge is -2.09. The first-order valence-electron chi connectivity index (χ1n) is 8.60. The highest BCUT2D eigenvalue weighted by atomic mass is 32.1. The third-order valence-corrected chi connectivity index (χ3v) is 5.28. The minimum absolute atomic E-state index is 0.126. The van der Waals surface area contributed by atoms with Gasteiger partial charge in [-0.25, -0.2) is 4.98 Å². The zero-order chi connectivity index (χ0) is 19.0. The summed E-state index contributed by atoms with van der Waals surface area (Å²) >= 11 is 1.50. The Balaban J connectivity index is 1.67. The van der Waals surface area contributed by atoms with Gasteiger partial charge in [-0.2, -0.15) is 5.10 Å². The van der Waals surface area contributed by atoms with Crippen molar-refractivity contribution in [1.29, 1.82) is 0 Å². The number of rotatable bonds is 4. The van der Waals surface area contributed by atoms with E-state index in [2.05, 4.69) is 15.4 Å². The minimum atomic E-state index is -0.238. The van der Waals surface area contributed by atoms with Crippen molar-refractivity contribution < 1.29 is 9.90 Å². The number of thiazole rings is 1. The minimum Gasteiger partial charge on any atom is -0.507 e. The van der Waals surface area contributed by atoms with Gasteiger partial charge in [0.2, 0.25) is 0 Å². The zero-order valence-electron chi connectivity index (χ0n) is 14.9. The molecule has 1 amide bonds. The van der Waals surface area contributed by atoms with Crippen molar-refractivity contribution in [2.75, 3.05) is 5.32 Å². The maximum Gasteiger partial charge on any atom is 0.273 e. The van der Waals surface area contributed by atoms with Crippen LogP contribution in [-0.2, 0) is 6.54 Å². The summed E-state index contributed by atoms with van der Waals surface area (Å²) in [4.78, 5) is 17.2. The van der Waals surface area contributed by atoms with Gasteiger partial charge in [0, 0.05) is 12.2 Å². The summed E-state index contributed by atoms with van der Waals surface area (Å²) in [6.07, 6.45) is 0. The third kappa shape index (κ3) is 3.29. The van der Waals surface area contributed by atoms with Gasteiger partial charge >= 0.3 is 0 Å². The van der Waals surface area contributed by atoms with Gasteiger partial charge in [0.05, 0.1) is 21.5 Å². The summed E-state index contributed by atoms with van der Waals surface area (Å²) in [6.45, 7) is 4.41. The summed E-state index contributed by atoms with van der Waals surface area (Å²) in [5.41, 5.74) is 3.36. The first kappa shape index (κ1) is 17.2. The monoisotopic (exact) mass is 378 g/mol. The number of aryl methyl sites for hydroxylation is 2. The molecule has 4 rings (SSSR count). The Labute approximate surface area is 160 Å². The second-order valence-electron chi connectivity index (χ2n) is 6.16. The Kier molecular flexibility index (Phi) is 4.37. The SMILES string of the molecule is CCn1nc(C)cc1C(=O)Nc1ccc(O)c(-c2nc3ccccc3s2)c1. The van der Waals surface area contributed by atoms with Crippen LogP contribution in [0.2, 0.25) is 0 Å². The molecule has 0 atom stereocenters. The number of hydrogen-bond acceptors (Lipinski definition) is 5. The molecule has 2 heterocycles. The van der Waals surface area contributed by atoms with Crippen molar-refractivity contribution >= 4 is 33.1 Å². The van der Waals surface area contributed by atoms with Crippen LogP contribution in [0, 0.1) is 6.92 Å².